The summed E-state index contributed by atoms with van der Waals surface area (Å²) in [7, 11) is -3.24. The van der Waals surface area contributed by atoms with Crippen LogP contribution in [0, 0.1) is 6.92 Å². The van der Waals surface area contributed by atoms with Gasteiger partial charge in [0, 0.05) is 47.9 Å². The van der Waals surface area contributed by atoms with Crippen molar-refractivity contribution < 1.29 is 8.42 Å². The third kappa shape index (κ3) is 3.30. The van der Waals surface area contributed by atoms with Crippen molar-refractivity contribution in [3.63, 3.8) is 0 Å². The summed E-state index contributed by atoms with van der Waals surface area (Å²) in [6, 6.07) is 9.64. The molecule has 0 saturated carbocycles. The Hall–Kier alpha value is -2.44. The molecular weight excluding hydrogens is 382 g/mol. The number of aromatic nitrogens is 2. The number of hydrogen-bond donors (Lipinski definition) is 0. The second-order valence-corrected chi connectivity index (χ2v) is 10.3. The van der Waals surface area contributed by atoms with Crippen molar-refractivity contribution >= 4 is 33.0 Å². The molecule has 0 radical (unpaired) electrons. The van der Waals surface area contributed by atoms with Crippen molar-refractivity contribution in [2.45, 2.75) is 37.1 Å². The van der Waals surface area contributed by atoms with E-state index in [-0.39, 0.29) is 0 Å². The molecule has 2 aromatic heterocycles. The molecule has 0 atom stereocenters. The van der Waals surface area contributed by atoms with E-state index in [9.17, 15) is 8.42 Å². The molecule has 6 heteroatoms. The highest BCUT2D eigenvalue weighted by molar-refractivity contribution is 7.90. The first-order chi connectivity index (χ1) is 13.9. The number of benzene rings is 1. The van der Waals surface area contributed by atoms with Gasteiger partial charge in [0.25, 0.3) is 0 Å². The molecule has 2 bridgehead atoms. The predicted octanol–water partition coefficient (Wildman–Crippen LogP) is 4.07. The SMILES string of the molecule is Cc1ccc(/C=C\n2c3c(c4cc(S(C)(=O)=O)ccc42)CN2CCC3CC2)cn1. The highest BCUT2D eigenvalue weighted by Crippen LogP contribution is 2.41. The van der Waals surface area contributed by atoms with Gasteiger partial charge in [0.2, 0.25) is 0 Å². The molecule has 0 spiro atoms. The van der Waals surface area contributed by atoms with Crippen molar-refractivity contribution in [1.29, 1.82) is 0 Å². The monoisotopic (exact) mass is 407 g/mol. The first kappa shape index (κ1) is 18.6. The summed E-state index contributed by atoms with van der Waals surface area (Å²) in [4.78, 5) is 7.27. The lowest BCUT2D eigenvalue weighted by Crippen LogP contribution is -2.29. The molecule has 1 saturated heterocycles. The number of hydrogen-bond acceptors (Lipinski definition) is 4. The molecule has 0 aliphatic carbocycles. The van der Waals surface area contributed by atoms with Crippen molar-refractivity contribution in [2.24, 2.45) is 0 Å². The van der Waals surface area contributed by atoms with Gasteiger partial charge in [0.05, 0.1) is 10.4 Å². The normalized spacial score (nSPS) is 21.6. The fourth-order valence-electron chi connectivity index (χ4n) is 4.71. The summed E-state index contributed by atoms with van der Waals surface area (Å²) in [5, 5.41) is 1.06. The number of piperidine rings is 1. The van der Waals surface area contributed by atoms with Crippen LogP contribution in [0.4, 0.5) is 0 Å². The number of rotatable bonds is 3. The van der Waals surface area contributed by atoms with Gasteiger partial charge < -0.3 is 4.57 Å². The minimum Gasteiger partial charge on any atom is -0.320 e. The number of fused-ring (bicyclic) bond motifs is 3. The molecule has 1 fully saturated rings. The smallest absolute Gasteiger partial charge is 0.175 e. The van der Waals surface area contributed by atoms with Gasteiger partial charge in [-0.3, -0.25) is 9.88 Å². The van der Waals surface area contributed by atoms with Crippen molar-refractivity contribution in [3.05, 3.63) is 59.0 Å². The van der Waals surface area contributed by atoms with Crippen molar-refractivity contribution in [3.8, 4) is 0 Å². The van der Waals surface area contributed by atoms with Crippen LogP contribution in [0.15, 0.2) is 41.4 Å². The zero-order chi connectivity index (χ0) is 20.2. The highest BCUT2D eigenvalue weighted by atomic mass is 32.2. The Balaban J connectivity index is 1.72. The quantitative estimate of drug-likeness (QED) is 0.657. The van der Waals surface area contributed by atoms with E-state index in [2.05, 4.69) is 32.8 Å². The fraction of sp³-hybridized carbons (Fsp3) is 0.348. The Morgan fingerprint density at radius 2 is 1.93 bits per heavy atom. The van der Waals surface area contributed by atoms with E-state index in [1.807, 2.05) is 31.3 Å². The lowest BCUT2D eigenvalue weighted by molar-refractivity contribution is 0.220. The Kier molecular flexibility index (Phi) is 4.37. The number of pyridine rings is 1. The average molecular weight is 408 g/mol. The standard InChI is InChI=1S/C23H25N3O2S/c1-16-3-4-17(14-24-16)7-12-26-22-6-5-19(29(2,27)28)13-20(22)21-15-25-10-8-18(9-11-25)23(21)26/h3-7,12-14,18H,8-11,15H2,1-2H3/b12-7-. The third-order valence-electron chi connectivity index (χ3n) is 6.26. The molecule has 150 valence electrons. The van der Waals surface area contributed by atoms with Gasteiger partial charge in [0.1, 0.15) is 0 Å². The van der Waals surface area contributed by atoms with Crippen LogP contribution in [0.2, 0.25) is 0 Å². The van der Waals surface area contributed by atoms with Crippen molar-refractivity contribution in [1.82, 2.24) is 14.5 Å². The van der Waals surface area contributed by atoms with Gasteiger partial charge in [-0.05, 0) is 74.3 Å². The van der Waals surface area contributed by atoms with Gasteiger partial charge >= 0.3 is 0 Å². The molecule has 5 heterocycles. The number of aryl methyl sites for hydroxylation is 1. The van der Waals surface area contributed by atoms with E-state index in [0.29, 0.717) is 10.8 Å². The Labute approximate surface area is 171 Å². The van der Waals surface area contributed by atoms with Crippen LogP contribution in [-0.2, 0) is 16.4 Å². The van der Waals surface area contributed by atoms with E-state index in [1.165, 1.54) is 17.5 Å². The molecule has 0 unspecified atom stereocenters. The highest BCUT2D eigenvalue weighted by Gasteiger charge is 2.32. The molecule has 3 aromatic rings. The van der Waals surface area contributed by atoms with Crippen LogP contribution in [-0.4, -0.2) is 42.2 Å². The molecule has 0 amide bonds. The minimum absolute atomic E-state index is 0.392. The zero-order valence-electron chi connectivity index (χ0n) is 16.8. The second kappa shape index (κ2) is 6.82. The topological polar surface area (TPSA) is 55.2 Å². The summed E-state index contributed by atoms with van der Waals surface area (Å²) in [5.41, 5.74) is 5.77. The molecule has 3 aliphatic heterocycles. The third-order valence-corrected chi connectivity index (χ3v) is 7.37. The Morgan fingerprint density at radius 1 is 1.14 bits per heavy atom. The van der Waals surface area contributed by atoms with E-state index >= 15 is 0 Å². The predicted molar refractivity (Wildman–Crippen MR) is 116 cm³/mol. The summed E-state index contributed by atoms with van der Waals surface area (Å²) in [6.45, 7) is 5.09. The van der Waals surface area contributed by atoms with Crippen LogP contribution in [0.5, 0.6) is 0 Å². The first-order valence-electron chi connectivity index (χ1n) is 10.1. The van der Waals surface area contributed by atoms with E-state index in [4.69, 9.17) is 0 Å². The Bertz CT molecular complexity index is 1220. The maximum Gasteiger partial charge on any atom is 0.175 e. The van der Waals surface area contributed by atoms with Gasteiger partial charge in [0.15, 0.2) is 9.84 Å². The number of nitrogens with zero attached hydrogens (tertiary/aromatic N) is 3. The van der Waals surface area contributed by atoms with Crippen LogP contribution in [0.25, 0.3) is 23.2 Å². The zero-order valence-corrected chi connectivity index (χ0v) is 17.6. The van der Waals surface area contributed by atoms with E-state index in [1.54, 1.807) is 6.07 Å². The van der Waals surface area contributed by atoms with Crippen LogP contribution in [0.3, 0.4) is 0 Å². The van der Waals surface area contributed by atoms with Gasteiger partial charge in [-0.1, -0.05) is 6.07 Å². The van der Waals surface area contributed by atoms with Gasteiger partial charge in [-0.15, -0.1) is 0 Å². The molecule has 29 heavy (non-hydrogen) atoms. The molecular formula is C23H25N3O2S. The first-order valence-corrected chi connectivity index (χ1v) is 12.0. The summed E-state index contributed by atoms with van der Waals surface area (Å²) in [6.07, 6.45) is 9.69. The Morgan fingerprint density at radius 3 is 2.62 bits per heavy atom. The lowest BCUT2D eigenvalue weighted by Gasteiger charge is -2.27. The number of sulfone groups is 1. The van der Waals surface area contributed by atoms with Gasteiger partial charge in [-0.2, -0.15) is 0 Å². The van der Waals surface area contributed by atoms with Crippen LogP contribution < -0.4 is 0 Å². The molecule has 1 aromatic carbocycles. The van der Waals surface area contributed by atoms with E-state index < -0.39 is 9.84 Å². The van der Waals surface area contributed by atoms with Crippen LogP contribution in [0.1, 0.15) is 41.3 Å². The summed E-state index contributed by atoms with van der Waals surface area (Å²) >= 11 is 0. The maximum atomic E-state index is 12.2. The van der Waals surface area contributed by atoms with Crippen molar-refractivity contribution in [2.75, 3.05) is 19.3 Å². The molecule has 0 N–H and O–H groups in total. The maximum absolute atomic E-state index is 12.2. The summed E-state index contributed by atoms with van der Waals surface area (Å²) in [5.74, 6) is 0.513. The van der Waals surface area contributed by atoms with Crippen LogP contribution >= 0.6 is 0 Å². The molecule has 5 nitrogen and oxygen atoms in total. The molecule has 6 rings (SSSR count). The second-order valence-electron chi connectivity index (χ2n) is 8.28. The lowest BCUT2D eigenvalue weighted by atomic mass is 9.94. The van der Waals surface area contributed by atoms with Gasteiger partial charge in [-0.25, -0.2) is 8.42 Å². The minimum atomic E-state index is -3.24. The summed E-state index contributed by atoms with van der Waals surface area (Å²) < 4.78 is 26.6. The van der Waals surface area contributed by atoms with E-state index in [0.717, 1.165) is 54.6 Å². The molecule has 3 aliphatic rings. The fourth-order valence-corrected chi connectivity index (χ4v) is 5.35. The largest absolute Gasteiger partial charge is 0.320 e. The average Bonchev–Trinajstić information content (AvgIpc) is 2.82.